The van der Waals surface area contributed by atoms with Crippen molar-refractivity contribution in [2.45, 2.75) is 25.7 Å². The molecule has 1 amide bonds. The standard InChI is InChI=1S/C23H28N6O4S/c1-28-21-14-16(3-5-19(21)25-27-28)24-22(31)18-4-2-17(26-34(32,33)13-12-30)15-20(18)29-10-8-23(6-7-23)9-11-29/h2-5,14-15,26,30H,6-13H2,1H3,(H,24,31). The molecule has 0 radical (unpaired) electrons. The summed E-state index contributed by atoms with van der Waals surface area (Å²) in [6, 6.07) is 10.3. The third kappa shape index (κ3) is 4.58. The number of aliphatic hydroxyl groups is 1. The molecule has 1 saturated heterocycles. The van der Waals surface area contributed by atoms with Gasteiger partial charge in [-0.1, -0.05) is 5.21 Å². The Balaban J connectivity index is 1.44. The monoisotopic (exact) mass is 484 g/mol. The number of piperidine rings is 1. The number of carbonyl (C=O) groups is 1. The highest BCUT2D eigenvalue weighted by atomic mass is 32.2. The molecule has 10 nitrogen and oxygen atoms in total. The summed E-state index contributed by atoms with van der Waals surface area (Å²) in [5.74, 6) is -0.664. The molecule has 2 aliphatic rings. The highest BCUT2D eigenvalue weighted by Crippen LogP contribution is 2.54. The van der Waals surface area contributed by atoms with Crippen molar-refractivity contribution in [1.29, 1.82) is 0 Å². The Hall–Kier alpha value is -3.18. The maximum Gasteiger partial charge on any atom is 0.257 e. The first-order valence-corrected chi connectivity index (χ1v) is 13.0. The number of sulfonamides is 1. The number of aromatic nitrogens is 3. The lowest BCUT2D eigenvalue weighted by Crippen LogP contribution is -2.35. The zero-order valence-corrected chi connectivity index (χ0v) is 19.8. The third-order valence-corrected chi connectivity index (χ3v) is 8.13. The molecule has 1 aromatic heterocycles. The molecule has 3 N–H and O–H groups in total. The first-order chi connectivity index (χ1) is 16.3. The lowest BCUT2D eigenvalue weighted by atomic mass is 9.93. The first kappa shape index (κ1) is 22.6. The smallest absolute Gasteiger partial charge is 0.257 e. The van der Waals surface area contributed by atoms with Crippen LogP contribution in [0.3, 0.4) is 0 Å². The summed E-state index contributed by atoms with van der Waals surface area (Å²) in [6.45, 7) is 1.17. The quantitative estimate of drug-likeness (QED) is 0.469. The fraction of sp³-hybridized carbons (Fsp3) is 0.435. The van der Waals surface area contributed by atoms with Crippen molar-refractivity contribution >= 4 is 44.0 Å². The van der Waals surface area contributed by atoms with Crippen molar-refractivity contribution < 1.29 is 18.3 Å². The summed E-state index contributed by atoms with van der Waals surface area (Å²) in [7, 11) is -1.88. The normalized spacial score (nSPS) is 17.2. The number of hydrogen-bond acceptors (Lipinski definition) is 7. The van der Waals surface area contributed by atoms with Crippen molar-refractivity contribution in [2.75, 3.05) is 40.4 Å². The lowest BCUT2D eigenvalue weighted by Gasteiger charge is -2.35. The van der Waals surface area contributed by atoms with Crippen molar-refractivity contribution in [2.24, 2.45) is 12.5 Å². The SMILES string of the molecule is Cn1nnc2ccc(NC(=O)c3ccc(NS(=O)(=O)CCO)cc3N3CCC4(CC3)CC4)cc21. The number of anilines is 3. The number of fused-ring (bicyclic) bond motifs is 1. The van der Waals surface area contributed by atoms with Gasteiger partial charge in [-0.15, -0.1) is 5.10 Å². The van der Waals surface area contributed by atoms with Gasteiger partial charge in [0.2, 0.25) is 10.0 Å². The summed E-state index contributed by atoms with van der Waals surface area (Å²) in [5.41, 5.74) is 4.17. The minimum Gasteiger partial charge on any atom is -0.395 e. The lowest BCUT2D eigenvalue weighted by molar-refractivity contribution is 0.102. The first-order valence-electron chi connectivity index (χ1n) is 11.4. The molecule has 180 valence electrons. The van der Waals surface area contributed by atoms with E-state index in [0.29, 0.717) is 28.0 Å². The maximum absolute atomic E-state index is 13.3. The van der Waals surface area contributed by atoms with E-state index in [1.165, 1.54) is 12.8 Å². The van der Waals surface area contributed by atoms with Crippen LogP contribution in [0, 0.1) is 5.41 Å². The predicted molar refractivity (Wildman–Crippen MR) is 131 cm³/mol. The molecule has 3 aromatic rings. The Bertz CT molecular complexity index is 1340. The van der Waals surface area contributed by atoms with Crippen molar-refractivity contribution in [1.82, 2.24) is 15.0 Å². The third-order valence-electron chi connectivity index (χ3n) is 6.87. The summed E-state index contributed by atoms with van der Waals surface area (Å²) in [5, 5.41) is 20.0. The largest absolute Gasteiger partial charge is 0.395 e. The average Bonchev–Trinajstić information content (AvgIpc) is 3.46. The Morgan fingerprint density at radius 3 is 2.53 bits per heavy atom. The second kappa shape index (κ2) is 8.55. The van der Waals surface area contributed by atoms with E-state index in [0.717, 1.165) is 37.0 Å². The zero-order valence-electron chi connectivity index (χ0n) is 19.0. The fourth-order valence-electron chi connectivity index (χ4n) is 4.61. The van der Waals surface area contributed by atoms with Crippen LogP contribution in [0.25, 0.3) is 11.0 Å². The van der Waals surface area contributed by atoms with Gasteiger partial charge in [-0.3, -0.25) is 9.52 Å². The number of amides is 1. The second-order valence-corrected chi connectivity index (χ2v) is 11.1. The van der Waals surface area contributed by atoms with E-state index in [-0.39, 0.29) is 11.7 Å². The van der Waals surface area contributed by atoms with Gasteiger partial charge in [0.25, 0.3) is 5.91 Å². The number of nitrogens with one attached hydrogen (secondary N) is 2. The van der Waals surface area contributed by atoms with E-state index in [4.69, 9.17) is 5.11 Å². The van der Waals surface area contributed by atoms with Crippen LogP contribution in [-0.2, 0) is 17.1 Å². The number of hydrogen-bond donors (Lipinski definition) is 3. The van der Waals surface area contributed by atoms with Crippen LogP contribution < -0.4 is 14.9 Å². The van der Waals surface area contributed by atoms with Crippen LogP contribution >= 0.6 is 0 Å². The van der Waals surface area contributed by atoms with Crippen molar-refractivity contribution in [3.8, 4) is 0 Å². The van der Waals surface area contributed by atoms with Gasteiger partial charge in [0, 0.05) is 25.8 Å². The van der Waals surface area contributed by atoms with E-state index in [1.54, 1.807) is 42.1 Å². The van der Waals surface area contributed by atoms with Gasteiger partial charge >= 0.3 is 0 Å². The molecule has 1 aliphatic heterocycles. The Labute approximate surface area is 198 Å². The Morgan fingerprint density at radius 1 is 1.09 bits per heavy atom. The summed E-state index contributed by atoms with van der Waals surface area (Å²) < 4.78 is 28.5. The highest BCUT2D eigenvalue weighted by molar-refractivity contribution is 7.92. The molecular weight excluding hydrogens is 456 g/mol. The van der Waals surface area contributed by atoms with Gasteiger partial charge in [0.1, 0.15) is 5.52 Å². The molecule has 11 heteroatoms. The van der Waals surface area contributed by atoms with Crippen molar-refractivity contribution in [3.63, 3.8) is 0 Å². The Morgan fingerprint density at radius 2 is 1.82 bits per heavy atom. The van der Waals surface area contributed by atoms with Gasteiger partial charge in [-0.05, 0) is 67.5 Å². The van der Waals surface area contributed by atoms with E-state index < -0.39 is 16.6 Å². The number of carbonyl (C=O) groups excluding carboxylic acids is 1. The molecule has 1 saturated carbocycles. The molecule has 0 unspecified atom stereocenters. The van der Waals surface area contributed by atoms with Crippen molar-refractivity contribution in [3.05, 3.63) is 42.0 Å². The topological polar surface area (TPSA) is 129 Å². The molecule has 34 heavy (non-hydrogen) atoms. The van der Waals surface area contributed by atoms with E-state index in [9.17, 15) is 13.2 Å². The molecule has 0 atom stereocenters. The zero-order chi connectivity index (χ0) is 23.9. The highest BCUT2D eigenvalue weighted by Gasteiger charge is 2.44. The molecule has 2 aromatic carbocycles. The second-order valence-electron chi connectivity index (χ2n) is 9.23. The van der Waals surface area contributed by atoms with Crippen LogP contribution in [0.2, 0.25) is 0 Å². The van der Waals surface area contributed by atoms with Gasteiger partial charge in [-0.25, -0.2) is 13.1 Å². The van der Waals surface area contributed by atoms with E-state index >= 15 is 0 Å². The van der Waals surface area contributed by atoms with Gasteiger partial charge in [0.15, 0.2) is 0 Å². The number of nitrogens with zero attached hydrogens (tertiary/aromatic N) is 4. The molecule has 2 fully saturated rings. The summed E-state index contributed by atoms with van der Waals surface area (Å²) >= 11 is 0. The minimum absolute atomic E-state index is 0.277. The van der Waals surface area contributed by atoms with Crippen LogP contribution in [0.4, 0.5) is 17.1 Å². The fourth-order valence-corrected chi connectivity index (χ4v) is 5.43. The van der Waals surface area contributed by atoms with E-state index in [2.05, 4.69) is 25.3 Å². The van der Waals surface area contributed by atoms with Crippen LogP contribution in [0.5, 0.6) is 0 Å². The summed E-state index contributed by atoms with van der Waals surface area (Å²) in [4.78, 5) is 15.5. The van der Waals surface area contributed by atoms with Crippen LogP contribution in [0.1, 0.15) is 36.0 Å². The number of aliphatic hydroxyl groups excluding tert-OH is 1. The van der Waals surface area contributed by atoms with Crippen LogP contribution in [0.15, 0.2) is 36.4 Å². The van der Waals surface area contributed by atoms with Gasteiger partial charge in [-0.2, -0.15) is 0 Å². The predicted octanol–water partition coefficient (Wildman–Crippen LogP) is 2.33. The number of aryl methyl sites for hydroxylation is 1. The van der Waals surface area contributed by atoms with Crippen LogP contribution in [-0.4, -0.2) is 59.9 Å². The molecular formula is C23H28N6O4S. The summed E-state index contributed by atoms with van der Waals surface area (Å²) in [6.07, 6.45) is 4.67. The molecule has 0 bridgehead atoms. The number of rotatable bonds is 7. The van der Waals surface area contributed by atoms with Gasteiger partial charge in [0.05, 0.1) is 34.8 Å². The Kier molecular flexibility index (Phi) is 5.68. The maximum atomic E-state index is 13.3. The average molecular weight is 485 g/mol. The molecule has 1 spiro atoms. The molecule has 5 rings (SSSR count). The van der Waals surface area contributed by atoms with Gasteiger partial charge < -0.3 is 15.3 Å². The molecule has 2 heterocycles. The number of benzene rings is 2. The van der Waals surface area contributed by atoms with E-state index in [1.807, 2.05) is 6.07 Å². The molecule has 1 aliphatic carbocycles. The minimum atomic E-state index is -3.67.